The van der Waals surface area contributed by atoms with Crippen molar-refractivity contribution in [3.63, 3.8) is 0 Å². The fourth-order valence-electron chi connectivity index (χ4n) is 2.12. The zero-order chi connectivity index (χ0) is 11.0. The van der Waals surface area contributed by atoms with Crippen LogP contribution >= 0.6 is 11.3 Å². The van der Waals surface area contributed by atoms with Crippen LogP contribution in [-0.2, 0) is 6.42 Å². The quantitative estimate of drug-likeness (QED) is 0.810. The zero-order valence-electron chi connectivity index (χ0n) is 8.66. The Balaban J connectivity index is 2.14. The highest BCUT2D eigenvalue weighted by molar-refractivity contribution is 7.16. The van der Waals surface area contributed by atoms with Crippen LogP contribution in [0.3, 0.4) is 0 Å². The number of nitrogens with zero attached hydrogens (tertiary/aromatic N) is 1. The lowest BCUT2D eigenvalue weighted by Gasteiger charge is -2.04. The Kier molecular flexibility index (Phi) is 2.16. The van der Waals surface area contributed by atoms with Gasteiger partial charge in [0.2, 0.25) is 0 Å². The summed E-state index contributed by atoms with van der Waals surface area (Å²) in [5.41, 5.74) is 3.90. The summed E-state index contributed by atoms with van der Waals surface area (Å²) in [6.07, 6.45) is 1.07. The number of benzene rings is 1. The van der Waals surface area contributed by atoms with E-state index in [1.165, 1.54) is 21.7 Å². The second kappa shape index (κ2) is 3.66. The third-order valence-corrected chi connectivity index (χ3v) is 3.87. The minimum absolute atomic E-state index is 0.776. The van der Waals surface area contributed by atoms with Crippen LogP contribution in [0.1, 0.15) is 10.4 Å². The van der Waals surface area contributed by atoms with Gasteiger partial charge in [-0.05, 0) is 35.7 Å². The number of thiophene rings is 1. The molecule has 16 heavy (non-hydrogen) atoms. The summed E-state index contributed by atoms with van der Waals surface area (Å²) in [7, 11) is 0. The van der Waals surface area contributed by atoms with Crippen LogP contribution in [0.4, 0.5) is 5.69 Å². The van der Waals surface area contributed by atoms with Gasteiger partial charge in [0.15, 0.2) is 0 Å². The molecule has 1 aliphatic rings. The SMILES string of the molecule is N#Cc1ccc(-c2cccc3c2CCN3)s1. The van der Waals surface area contributed by atoms with E-state index in [1.54, 1.807) is 11.3 Å². The van der Waals surface area contributed by atoms with E-state index in [1.807, 2.05) is 12.1 Å². The van der Waals surface area contributed by atoms with Gasteiger partial charge in [-0.15, -0.1) is 11.3 Å². The molecule has 2 nitrogen and oxygen atoms in total. The van der Waals surface area contributed by atoms with Gasteiger partial charge >= 0.3 is 0 Å². The maximum Gasteiger partial charge on any atom is 0.110 e. The Morgan fingerprint density at radius 1 is 1.25 bits per heavy atom. The van der Waals surface area contributed by atoms with Crippen LogP contribution in [0.25, 0.3) is 10.4 Å². The lowest BCUT2D eigenvalue weighted by atomic mass is 10.0. The second-order valence-corrected chi connectivity index (χ2v) is 4.87. The normalized spacial score (nSPS) is 12.9. The van der Waals surface area contributed by atoms with E-state index in [-0.39, 0.29) is 0 Å². The molecule has 1 aliphatic heterocycles. The van der Waals surface area contributed by atoms with Gasteiger partial charge in [-0.1, -0.05) is 12.1 Å². The summed E-state index contributed by atoms with van der Waals surface area (Å²) < 4.78 is 0. The monoisotopic (exact) mass is 226 g/mol. The molecular formula is C13H10N2S. The fourth-order valence-corrected chi connectivity index (χ4v) is 2.97. The van der Waals surface area contributed by atoms with Crippen LogP contribution < -0.4 is 5.32 Å². The number of hydrogen-bond donors (Lipinski definition) is 1. The summed E-state index contributed by atoms with van der Waals surface area (Å²) in [6, 6.07) is 12.4. The number of hydrogen-bond acceptors (Lipinski definition) is 3. The van der Waals surface area contributed by atoms with Crippen LogP contribution in [0.2, 0.25) is 0 Å². The van der Waals surface area contributed by atoms with Gasteiger partial charge in [0.25, 0.3) is 0 Å². The molecule has 1 N–H and O–H groups in total. The summed E-state index contributed by atoms with van der Waals surface area (Å²) in [6.45, 7) is 1.02. The minimum Gasteiger partial charge on any atom is -0.384 e. The van der Waals surface area contributed by atoms with E-state index in [0.29, 0.717) is 0 Å². The van der Waals surface area contributed by atoms with Crippen molar-refractivity contribution in [2.24, 2.45) is 0 Å². The number of anilines is 1. The van der Waals surface area contributed by atoms with Gasteiger partial charge in [0.1, 0.15) is 10.9 Å². The topological polar surface area (TPSA) is 35.8 Å². The van der Waals surface area contributed by atoms with E-state index in [4.69, 9.17) is 5.26 Å². The first-order valence-corrected chi connectivity index (χ1v) is 6.06. The Bertz CT molecular complexity index is 578. The predicted molar refractivity (Wildman–Crippen MR) is 66.7 cm³/mol. The number of nitrogens with one attached hydrogen (secondary N) is 1. The maximum absolute atomic E-state index is 8.84. The fraction of sp³-hybridized carbons (Fsp3) is 0.154. The first-order chi connectivity index (χ1) is 7.88. The number of rotatable bonds is 1. The molecule has 0 radical (unpaired) electrons. The largest absolute Gasteiger partial charge is 0.384 e. The highest BCUT2D eigenvalue weighted by atomic mass is 32.1. The van der Waals surface area contributed by atoms with Gasteiger partial charge in [0, 0.05) is 17.1 Å². The molecule has 0 atom stereocenters. The molecule has 0 spiro atoms. The molecule has 2 heterocycles. The Morgan fingerprint density at radius 2 is 2.19 bits per heavy atom. The van der Waals surface area contributed by atoms with E-state index >= 15 is 0 Å². The van der Waals surface area contributed by atoms with Crippen LogP contribution in [-0.4, -0.2) is 6.54 Å². The van der Waals surface area contributed by atoms with Gasteiger partial charge in [-0.2, -0.15) is 5.26 Å². The highest BCUT2D eigenvalue weighted by Gasteiger charge is 2.15. The standard InChI is InChI=1S/C13H10N2S/c14-8-9-4-5-13(16-9)11-2-1-3-12-10(11)6-7-15-12/h1-5,15H,6-7H2. The van der Waals surface area contributed by atoms with E-state index in [0.717, 1.165) is 17.8 Å². The third kappa shape index (κ3) is 1.39. The van der Waals surface area contributed by atoms with Crippen molar-refractivity contribution in [1.29, 1.82) is 5.26 Å². The smallest absolute Gasteiger partial charge is 0.110 e. The Hall–Kier alpha value is -1.79. The minimum atomic E-state index is 0.776. The predicted octanol–water partition coefficient (Wildman–Crippen LogP) is 3.25. The lowest BCUT2D eigenvalue weighted by Crippen LogP contribution is -1.90. The average Bonchev–Trinajstić information content (AvgIpc) is 2.97. The molecular weight excluding hydrogens is 216 g/mol. The molecule has 0 bridgehead atoms. The average molecular weight is 226 g/mol. The van der Waals surface area contributed by atoms with Crippen LogP contribution in [0.5, 0.6) is 0 Å². The molecule has 0 aliphatic carbocycles. The summed E-state index contributed by atoms with van der Waals surface area (Å²) >= 11 is 1.56. The first-order valence-electron chi connectivity index (χ1n) is 5.24. The van der Waals surface area contributed by atoms with Gasteiger partial charge in [-0.3, -0.25) is 0 Å². The van der Waals surface area contributed by atoms with Crippen molar-refractivity contribution in [2.75, 3.05) is 11.9 Å². The lowest BCUT2D eigenvalue weighted by molar-refractivity contribution is 1.11. The molecule has 1 aromatic carbocycles. The Labute approximate surface area is 98.2 Å². The van der Waals surface area contributed by atoms with E-state index in [2.05, 4.69) is 29.6 Å². The van der Waals surface area contributed by atoms with Gasteiger partial charge in [-0.25, -0.2) is 0 Å². The molecule has 3 heteroatoms. The summed E-state index contributed by atoms with van der Waals surface area (Å²) in [5.74, 6) is 0. The van der Waals surface area contributed by atoms with Gasteiger partial charge < -0.3 is 5.32 Å². The van der Waals surface area contributed by atoms with Crippen LogP contribution in [0.15, 0.2) is 30.3 Å². The van der Waals surface area contributed by atoms with Crippen LogP contribution in [0, 0.1) is 11.3 Å². The molecule has 0 amide bonds. The van der Waals surface area contributed by atoms with Gasteiger partial charge in [0.05, 0.1) is 0 Å². The maximum atomic E-state index is 8.84. The van der Waals surface area contributed by atoms with Crippen molar-refractivity contribution >= 4 is 17.0 Å². The van der Waals surface area contributed by atoms with E-state index in [9.17, 15) is 0 Å². The molecule has 2 aromatic rings. The molecule has 0 unspecified atom stereocenters. The summed E-state index contributed by atoms with van der Waals surface area (Å²) in [4.78, 5) is 1.97. The summed E-state index contributed by atoms with van der Waals surface area (Å²) in [5, 5.41) is 12.2. The van der Waals surface area contributed by atoms with Crippen molar-refractivity contribution in [3.05, 3.63) is 40.8 Å². The molecule has 1 aromatic heterocycles. The van der Waals surface area contributed by atoms with E-state index < -0.39 is 0 Å². The molecule has 78 valence electrons. The molecule has 0 saturated carbocycles. The number of fused-ring (bicyclic) bond motifs is 1. The molecule has 3 rings (SSSR count). The van der Waals surface area contributed by atoms with Crippen molar-refractivity contribution in [3.8, 4) is 16.5 Å². The third-order valence-electron chi connectivity index (χ3n) is 2.85. The molecule has 0 fully saturated rings. The Morgan fingerprint density at radius 3 is 3.00 bits per heavy atom. The highest BCUT2D eigenvalue weighted by Crippen LogP contribution is 2.36. The molecule has 0 saturated heterocycles. The second-order valence-electron chi connectivity index (χ2n) is 3.78. The van der Waals surface area contributed by atoms with Crippen molar-refractivity contribution < 1.29 is 0 Å². The first kappa shape index (κ1) is 9.44. The number of nitriles is 1. The zero-order valence-corrected chi connectivity index (χ0v) is 9.47. The van der Waals surface area contributed by atoms with Crippen molar-refractivity contribution in [1.82, 2.24) is 0 Å². The van der Waals surface area contributed by atoms with Crippen molar-refractivity contribution in [2.45, 2.75) is 6.42 Å².